The lowest BCUT2D eigenvalue weighted by Crippen LogP contribution is -2.51. The molecule has 0 saturated carbocycles. The molecule has 2 fully saturated rings. The van der Waals surface area contributed by atoms with Crippen molar-refractivity contribution >= 4 is 16.8 Å². The number of aryl methyl sites for hydroxylation is 1. The van der Waals surface area contributed by atoms with Gasteiger partial charge in [-0.05, 0) is 69.0 Å². The maximum Gasteiger partial charge on any atom is 0.221 e. The van der Waals surface area contributed by atoms with E-state index in [0.717, 1.165) is 23.2 Å². The lowest BCUT2D eigenvalue weighted by Gasteiger charge is -2.44. The number of nitrogens with one attached hydrogen (secondary N) is 1. The van der Waals surface area contributed by atoms with Crippen molar-refractivity contribution in [2.24, 2.45) is 5.92 Å². The minimum Gasteiger partial charge on any atom is -0.497 e. The van der Waals surface area contributed by atoms with Crippen LogP contribution in [0.1, 0.15) is 38.5 Å². The summed E-state index contributed by atoms with van der Waals surface area (Å²) in [5.41, 5.74) is 1.15. The Labute approximate surface area is 161 Å². The number of methoxy groups -OCH3 is 1. The van der Waals surface area contributed by atoms with Crippen LogP contribution in [0.25, 0.3) is 10.9 Å². The first-order chi connectivity index (χ1) is 13.2. The Kier molecular flexibility index (Phi) is 5.67. The molecule has 0 unspecified atom stereocenters. The van der Waals surface area contributed by atoms with Crippen LogP contribution in [0.5, 0.6) is 5.75 Å². The largest absolute Gasteiger partial charge is 0.497 e. The van der Waals surface area contributed by atoms with E-state index in [-0.39, 0.29) is 5.91 Å². The molecular formula is C22H31N3O2. The van der Waals surface area contributed by atoms with E-state index in [9.17, 15) is 4.79 Å². The van der Waals surface area contributed by atoms with Crippen molar-refractivity contribution in [3.8, 4) is 5.75 Å². The lowest BCUT2D eigenvalue weighted by atomic mass is 9.83. The predicted octanol–water partition coefficient (Wildman–Crippen LogP) is 3.42. The third-order valence-electron chi connectivity index (χ3n) is 6.35. The van der Waals surface area contributed by atoms with Gasteiger partial charge in [0.1, 0.15) is 5.75 Å². The summed E-state index contributed by atoms with van der Waals surface area (Å²) in [6.07, 6.45) is 9.10. The summed E-state index contributed by atoms with van der Waals surface area (Å²) in [4.78, 5) is 15.1. The maximum atomic E-state index is 12.4. The Balaban J connectivity index is 1.28. The number of hydrogen-bond donors (Lipinski definition) is 1. The first-order valence-corrected chi connectivity index (χ1v) is 10.4. The highest BCUT2D eigenvalue weighted by Crippen LogP contribution is 2.30. The van der Waals surface area contributed by atoms with E-state index in [0.29, 0.717) is 24.9 Å². The molecule has 2 aliphatic heterocycles. The standard InChI is InChI=1S/C22H31N3O2/c1-27-19-7-8-21-17(15-19)9-13-25(21)14-10-22(26)23-16-18-5-4-12-24-11-3-2-6-20(18)24/h7-9,13,15,18,20H,2-6,10-12,14,16H2,1H3,(H,23,26)/t18-,20-/m0/s1. The van der Waals surface area contributed by atoms with Crippen molar-refractivity contribution in [2.45, 2.75) is 51.1 Å². The molecule has 5 nitrogen and oxygen atoms in total. The zero-order valence-electron chi connectivity index (χ0n) is 16.3. The predicted molar refractivity (Wildman–Crippen MR) is 108 cm³/mol. The number of benzene rings is 1. The number of carbonyl (C=O) groups excluding carboxylic acids is 1. The van der Waals surface area contributed by atoms with Crippen LogP contribution < -0.4 is 10.1 Å². The fraction of sp³-hybridized carbons (Fsp3) is 0.591. The van der Waals surface area contributed by atoms with E-state index in [1.165, 1.54) is 45.2 Å². The molecule has 2 aromatic rings. The van der Waals surface area contributed by atoms with Gasteiger partial charge in [-0.3, -0.25) is 4.79 Å². The van der Waals surface area contributed by atoms with E-state index in [1.54, 1.807) is 7.11 Å². The number of fused-ring (bicyclic) bond motifs is 2. The Morgan fingerprint density at radius 3 is 2.96 bits per heavy atom. The van der Waals surface area contributed by atoms with Crippen molar-refractivity contribution in [3.63, 3.8) is 0 Å². The molecule has 0 radical (unpaired) electrons. The van der Waals surface area contributed by atoms with E-state index in [1.807, 2.05) is 12.1 Å². The summed E-state index contributed by atoms with van der Waals surface area (Å²) < 4.78 is 7.43. The molecule has 2 aliphatic rings. The van der Waals surface area contributed by atoms with Gasteiger partial charge in [0, 0.05) is 42.7 Å². The Morgan fingerprint density at radius 1 is 1.19 bits per heavy atom. The van der Waals surface area contributed by atoms with Crippen molar-refractivity contribution in [1.82, 2.24) is 14.8 Å². The normalized spacial score (nSPS) is 23.1. The SMILES string of the molecule is COc1ccc2c(ccn2CCC(=O)NC[C@@H]2CCCN3CCCC[C@@H]23)c1. The lowest BCUT2D eigenvalue weighted by molar-refractivity contribution is -0.121. The van der Waals surface area contributed by atoms with E-state index >= 15 is 0 Å². The van der Waals surface area contributed by atoms with Crippen molar-refractivity contribution in [1.29, 1.82) is 0 Å². The van der Waals surface area contributed by atoms with E-state index in [4.69, 9.17) is 4.74 Å². The Hall–Kier alpha value is -2.01. The number of carbonyl (C=O) groups is 1. The molecule has 2 atom stereocenters. The maximum absolute atomic E-state index is 12.4. The van der Waals surface area contributed by atoms with Gasteiger partial charge in [-0.2, -0.15) is 0 Å². The van der Waals surface area contributed by atoms with Crippen LogP contribution in [0.4, 0.5) is 0 Å². The highest BCUT2D eigenvalue weighted by molar-refractivity contribution is 5.82. The zero-order chi connectivity index (χ0) is 18.6. The monoisotopic (exact) mass is 369 g/mol. The second-order valence-corrected chi connectivity index (χ2v) is 7.99. The van der Waals surface area contributed by atoms with Crippen LogP contribution in [0.15, 0.2) is 30.5 Å². The summed E-state index contributed by atoms with van der Waals surface area (Å²) in [5.74, 6) is 1.66. The van der Waals surface area contributed by atoms with Crippen LogP contribution in [-0.4, -0.2) is 48.2 Å². The van der Waals surface area contributed by atoms with Gasteiger partial charge < -0.3 is 19.5 Å². The van der Waals surface area contributed by atoms with Crippen molar-refractivity contribution in [2.75, 3.05) is 26.7 Å². The second kappa shape index (κ2) is 8.34. The van der Waals surface area contributed by atoms with Crippen molar-refractivity contribution < 1.29 is 9.53 Å². The number of amides is 1. The number of nitrogens with zero attached hydrogens (tertiary/aromatic N) is 2. The third-order valence-corrected chi connectivity index (χ3v) is 6.35. The fourth-order valence-corrected chi connectivity index (χ4v) is 4.87. The fourth-order valence-electron chi connectivity index (χ4n) is 4.87. The van der Waals surface area contributed by atoms with Gasteiger partial charge in [0.2, 0.25) is 5.91 Å². The van der Waals surface area contributed by atoms with Gasteiger partial charge in [-0.25, -0.2) is 0 Å². The van der Waals surface area contributed by atoms with Gasteiger partial charge in [-0.1, -0.05) is 6.42 Å². The molecule has 1 N–H and O–H groups in total. The average Bonchev–Trinajstić information content (AvgIpc) is 3.12. The minimum atomic E-state index is 0.165. The van der Waals surface area contributed by atoms with Crippen LogP contribution >= 0.6 is 0 Å². The first kappa shape index (κ1) is 18.4. The Morgan fingerprint density at radius 2 is 2.07 bits per heavy atom. The van der Waals surface area contributed by atoms with Crippen LogP contribution in [0, 0.1) is 5.92 Å². The second-order valence-electron chi connectivity index (χ2n) is 7.99. The van der Waals surface area contributed by atoms with Crippen molar-refractivity contribution in [3.05, 3.63) is 30.5 Å². The molecule has 27 heavy (non-hydrogen) atoms. The average molecular weight is 370 g/mol. The summed E-state index contributed by atoms with van der Waals surface area (Å²) >= 11 is 0. The molecule has 1 aromatic carbocycles. The molecule has 146 valence electrons. The number of rotatable bonds is 6. The molecule has 5 heteroatoms. The molecule has 1 aromatic heterocycles. The minimum absolute atomic E-state index is 0.165. The van der Waals surface area contributed by atoms with E-state index < -0.39 is 0 Å². The smallest absolute Gasteiger partial charge is 0.221 e. The quantitative estimate of drug-likeness (QED) is 0.849. The van der Waals surface area contributed by atoms with Crippen LogP contribution in [0.2, 0.25) is 0 Å². The number of hydrogen-bond acceptors (Lipinski definition) is 3. The summed E-state index contributed by atoms with van der Waals surface area (Å²) in [5, 5.41) is 4.36. The molecule has 0 bridgehead atoms. The highest BCUT2D eigenvalue weighted by Gasteiger charge is 2.32. The van der Waals surface area contributed by atoms with Gasteiger partial charge in [0.05, 0.1) is 7.11 Å². The molecular weight excluding hydrogens is 338 g/mol. The number of ether oxygens (including phenoxy) is 1. The van der Waals surface area contributed by atoms with Gasteiger partial charge in [0.15, 0.2) is 0 Å². The van der Waals surface area contributed by atoms with Gasteiger partial charge in [-0.15, -0.1) is 0 Å². The summed E-state index contributed by atoms with van der Waals surface area (Å²) in [7, 11) is 1.68. The third kappa shape index (κ3) is 4.13. The molecule has 2 saturated heterocycles. The number of piperidine rings is 2. The van der Waals surface area contributed by atoms with E-state index in [2.05, 4.69) is 33.1 Å². The highest BCUT2D eigenvalue weighted by atomic mass is 16.5. The van der Waals surface area contributed by atoms with Gasteiger partial charge in [0.25, 0.3) is 0 Å². The van der Waals surface area contributed by atoms with Crippen LogP contribution in [0.3, 0.4) is 0 Å². The summed E-state index contributed by atoms with van der Waals surface area (Å²) in [6, 6.07) is 8.83. The molecule has 3 heterocycles. The van der Waals surface area contributed by atoms with Crippen LogP contribution in [-0.2, 0) is 11.3 Å². The Bertz CT molecular complexity index is 783. The summed E-state index contributed by atoms with van der Waals surface area (Å²) in [6.45, 7) is 4.05. The molecule has 4 rings (SSSR count). The molecule has 1 amide bonds. The topological polar surface area (TPSA) is 46.5 Å². The number of aromatic nitrogens is 1. The molecule has 0 aliphatic carbocycles. The zero-order valence-corrected chi connectivity index (χ0v) is 16.3. The van der Waals surface area contributed by atoms with Gasteiger partial charge >= 0.3 is 0 Å². The first-order valence-electron chi connectivity index (χ1n) is 10.4. The molecule has 0 spiro atoms.